The number of benzene rings is 1. The van der Waals surface area contributed by atoms with Gasteiger partial charge in [-0.2, -0.15) is 0 Å². The molecular weight excluding hydrogens is 363 g/mol. The lowest BCUT2D eigenvalue weighted by atomic mass is 10.2. The van der Waals surface area contributed by atoms with Crippen LogP contribution in [0.4, 0.5) is 14.9 Å². The SMILES string of the molecule is CC(=O)NCC1COC(=O)N1c1ccc(-n2cnc(C=CCl)c2)c(F)c1. The molecule has 0 bridgehead atoms. The summed E-state index contributed by atoms with van der Waals surface area (Å²) in [5.41, 5.74) is 2.54. The Morgan fingerprint density at radius 3 is 3.04 bits per heavy atom. The Kier molecular flexibility index (Phi) is 5.22. The summed E-state index contributed by atoms with van der Waals surface area (Å²) < 4.78 is 21.2. The van der Waals surface area contributed by atoms with Crippen molar-refractivity contribution in [1.29, 1.82) is 0 Å². The van der Waals surface area contributed by atoms with Gasteiger partial charge in [0.25, 0.3) is 0 Å². The summed E-state index contributed by atoms with van der Waals surface area (Å²) in [4.78, 5) is 28.5. The maximum atomic E-state index is 14.6. The highest BCUT2D eigenvalue weighted by molar-refractivity contribution is 6.27. The lowest BCUT2D eigenvalue weighted by molar-refractivity contribution is -0.119. The van der Waals surface area contributed by atoms with Gasteiger partial charge in [-0.3, -0.25) is 9.69 Å². The first-order valence-electron chi connectivity index (χ1n) is 7.80. The number of hydrogen-bond acceptors (Lipinski definition) is 4. The monoisotopic (exact) mass is 378 g/mol. The molecule has 1 aromatic carbocycles. The van der Waals surface area contributed by atoms with Crippen LogP contribution in [-0.2, 0) is 9.53 Å². The van der Waals surface area contributed by atoms with E-state index in [0.29, 0.717) is 11.4 Å². The van der Waals surface area contributed by atoms with Crippen molar-refractivity contribution in [2.45, 2.75) is 13.0 Å². The van der Waals surface area contributed by atoms with Gasteiger partial charge in [0.1, 0.15) is 12.4 Å². The average Bonchev–Trinajstić information content (AvgIpc) is 3.20. The third-order valence-electron chi connectivity index (χ3n) is 3.87. The minimum atomic E-state index is -0.579. The van der Waals surface area contributed by atoms with Crippen molar-refractivity contribution in [3.63, 3.8) is 0 Å². The predicted octanol–water partition coefficient (Wildman–Crippen LogP) is 2.68. The van der Waals surface area contributed by atoms with Gasteiger partial charge in [0.15, 0.2) is 0 Å². The Bertz CT molecular complexity index is 867. The van der Waals surface area contributed by atoms with Crippen molar-refractivity contribution in [2.75, 3.05) is 18.1 Å². The topological polar surface area (TPSA) is 76.5 Å². The number of carbonyl (C=O) groups is 2. The lowest BCUT2D eigenvalue weighted by Crippen LogP contribution is -2.42. The number of carbonyl (C=O) groups excluding carboxylic acids is 2. The zero-order valence-corrected chi connectivity index (χ0v) is 14.6. The summed E-state index contributed by atoms with van der Waals surface area (Å²) in [5.74, 6) is -0.744. The first kappa shape index (κ1) is 17.9. The standard InChI is InChI=1S/C17H16ClFN4O3/c1-11(24)20-7-14-9-26-17(25)23(14)13-2-3-16(15(19)6-13)22-8-12(4-5-18)21-10-22/h2-6,8,10,14H,7,9H2,1H3,(H,20,24). The number of amides is 2. The summed E-state index contributed by atoms with van der Waals surface area (Å²) in [6.07, 6.45) is 4.09. The van der Waals surface area contributed by atoms with Crippen LogP contribution in [0.3, 0.4) is 0 Å². The van der Waals surface area contributed by atoms with Gasteiger partial charge >= 0.3 is 6.09 Å². The van der Waals surface area contributed by atoms with E-state index in [4.69, 9.17) is 16.3 Å². The molecule has 26 heavy (non-hydrogen) atoms. The van der Waals surface area contributed by atoms with Crippen LogP contribution < -0.4 is 10.2 Å². The van der Waals surface area contributed by atoms with Gasteiger partial charge in [0.05, 0.1) is 29.4 Å². The van der Waals surface area contributed by atoms with Gasteiger partial charge in [-0.05, 0) is 24.3 Å². The number of imidazole rings is 1. The average molecular weight is 379 g/mol. The molecule has 0 saturated carbocycles. The van der Waals surface area contributed by atoms with Crippen LogP contribution in [0.15, 0.2) is 36.3 Å². The molecule has 0 aliphatic carbocycles. The first-order valence-corrected chi connectivity index (χ1v) is 8.24. The molecule has 0 spiro atoms. The molecule has 1 atom stereocenters. The normalized spacial score (nSPS) is 17.0. The van der Waals surface area contributed by atoms with Gasteiger partial charge in [0.2, 0.25) is 5.91 Å². The van der Waals surface area contributed by atoms with Crippen LogP contribution in [0, 0.1) is 5.82 Å². The summed E-state index contributed by atoms with van der Waals surface area (Å²) >= 11 is 5.51. The molecule has 3 rings (SSSR count). The fourth-order valence-electron chi connectivity index (χ4n) is 2.66. The second kappa shape index (κ2) is 7.57. The van der Waals surface area contributed by atoms with Crippen LogP contribution in [0.5, 0.6) is 0 Å². The molecule has 136 valence electrons. The van der Waals surface area contributed by atoms with Crippen molar-refractivity contribution in [3.05, 3.63) is 47.8 Å². The summed E-state index contributed by atoms with van der Waals surface area (Å²) in [6.45, 7) is 1.73. The summed E-state index contributed by atoms with van der Waals surface area (Å²) in [5, 5.41) is 2.64. The van der Waals surface area contributed by atoms with Gasteiger partial charge < -0.3 is 14.6 Å². The Labute approximate surface area is 154 Å². The smallest absolute Gasteiger partial charge is 0.414 e. The first-order chi connectivity index (χ1) is 12.5. The Hall–Kier alpha value is -2.87. The summed E-state index contributed by atoms with van der Waals surface area (Å²) in [7, 11) is 0. The maximum Gasteiger partial charge on any atom is 0.414 e. The maximum absolute atomic E-state index is 14.6. The van der Waals surface area contributed by atoms with E-state index in [2.05, 4.69) is 10.3 Å². The van der Waals surface area contributed by atoms with E-state index in [1.54, 1.807) is 24.4 Å². The lowest BCUT2D eigenvalue weighted by Gasteiger charge is -2.22. The molecule has 0 radical (unpaired) electrons. The van der Waals surface area contributed by atoms with Crippen molar-refractivity contribution in [1.82, 2.24) is 14.9 Å². The molecule has 1 unspecified atom stereocenters. The Morgan fingerprint density at radius 2 is 2.35 bits per heavy atom. The number of aromatic nitrogens is 2. The van der Waals surface area contributed by atoms with Gasteiger partial charge in [-0.1, -0.05) is 11.6 Å². The second-order valence-electron chi connectivity index (χ2n) is 5.67. The van der Waals surface area contributed by atoms with Gasteiger partial charge in [-0.15, -0.1) is 0 Å². The molecule has 1 aromatic heterocycles. The molecular formula is C17H16ClFN4O3. The number of halogens is 2. The fraction of sp³-hybridized carbons (Fsp3) is 0.235. The molecule has 7 nitrogen and oxygen atoms in total. The van der Waals surface area contributed by atoms with Crippen LogP contribution in [0.2, 0.25) is 0 Å². The molecule has 1 N–H and O–H groups in total. The highest BCUT2D eigenvalue weighted by Crippen LogP contribution is 2.26. The minimum Gasteiger partial charge on any atom is -0.447 e. The van der Waals surface area contributed by atoms with Crippen molar-refractivity contribution in [3.8, 4) is 5.69 Å². The van der Waals surface area contributed by atoms with Gasteiger partial charge in [0, 0.05) is 25.2 Å². The number of cyclic esters (lactones) is 1. The van der Waals surface area contributed by atoms with E-state index in [1.807, 2.05) is 0 Å². The van der Waals surface area contributed by atoms with E-state index < -0.39 is 18.0 Å². The van der Waals surface area contributed by atoms with E-state index in [1.165, 1.54) is 34.3 Å². The number of hydrogen-bond donors (Lipinski definition) is 1. The van der Waals surface area contributed by atoms with E-state index in [0.717, 1.165) is 0 Å². The predicted molar refractivity (Wildman–Crippen MR) is 94.7 cm³/mol. The molecule has 1 aliphatic heterocycles. The fourth-order valence-corrected chi connectivity index (χ4v) is 2.79. The van der Waals surface area contributed by atoms with E-state index >= 15 is 0 Å². The molecule has 2 aromatic rings. The van der Waals surface area contributed by atoms with Crippen molar-refractivity contribution in [2.24, 2.45) is 0 Å². The highest BCUT2D eigenvalue weighted by atomic mass is 35.5. The van der Waals surface area contributed by atoms with Crippen molar-refractivity contribution < 1.29 is 18.7 Å². The number of rotatable bonds is 5. The third kappa shape index (κ3) is 3.70. The van der Waals surface area contributed by atoms with Crippen LogP contribution >= 0.6 is 11.6 Å². The Morgan fingerprint density at radius 1 is 1.54 bits per heavy atom. The Balaban J connectivity index is 1.85. The quantitative estimate of drug-likeness (QED) is 0.867. The zero-order valence-electron chi connectivity index (χ0n) is 13.9. The minimum absolute atomic E-state index is 0.123. The third-order valence-corrected chi connectivity index (χ3v) is 4.00. The second-order valence-corrected chi connectivity index (χ2v) is 5.92. The zero-order chi connectivity index (χ0) is 18.7. The number of nitrogens with one attached hydrogen (secondary N) is 1. The van der Waals surface area contributed by atoms with Crippen LogP contribution in [0.25, 0.3) is 11.8 Å². The van der Waals surface area contributed by atoms with Crippen molar-refractivity contribution >= 4 is 35.4 Å². The van der Waals surface area contributed by atoms with Crippen LogP contribution in [0.1, 0.15) is 12.6 Å². The number of anilines is 1. The number of ether oxygens (including phenoxy) is 1. The number of nitrogens with zero attached hydrogens (tertiary/aromatic N) is 3. The highest BCUT2D eigenvalue weighted by Gasteiger charge is 2.34. The van der Waals surface area contributed by atoms with Crippen LogP contribution in [-0.4, -0.2) is 40.7 Å². The molecule has 2 heterocycles. The van der Waals surface area contributed by atoms with E-state index in [-0.39, 0.29) is 24.7 Å². The summed E-state index contributed by atoms with van der Waals surface area (Å²) in [6, 6.07) is 4.01. The molecule has 2 amide bonds. The molecule has 1 saturated heterocycles. The molecule has 1 fully saturated rings. The van der Waals surface area contributed by atoms with E-state index in [9.17, 15) is 14.0 Å². The largest absolute Gasteiger partial charge is 0.447 e. The van der Waals surface area contributed by atoms with Gasteiger partial charge in [-0.25, -0.2) is 14.2 Å². The molecule has 1 aliphatic rings. The molecule has 9 heteroatoms.